The first kappa shape index (κ1) is 15.9. The Balaban J connectivity index is 1.51. The van der Waals surface area contributed by atoms with Gasteiger partial charge in [0.1, 0.15) is 11.2 Å². The predicted molar refractivity (Wildman–Crippen MR) is 92.2 cm³/mol. The number of hydrogen-bond acceptors (Lipinski definition) is 4. The van der Waals surface area contributed by atoms with Crippen molar-refractivity contribution >= 4 is 5.91 Å². The molecule has 1 aromatic rings. The van der Waals surface area contributed by atoms with E-state index >= 15 is 0 Å². The van der Waals surface area contributed by atoms with Crippen molar-refractivity contribution in [1.29, 1.82) is 0 Å². The van der Waals surface area contributed by atoms with Gasteiger partial charge in [-0.3, -0.25) is 4.79 Å². The summed E-state index contributed by atoms with van der Waals surface area (Å²) < 4.78 is 6.36. The molecule has 3 heterocycles. The van der Waals surface area contributed by atoms with Crippen LogP contribution >= 0.6 is 0 Å². The van der Waals surface area contributed by atoms with Gasteiger partial charge < -0.3 is 14.5 Å². The number of hydrogen-bond donors (Lipinski definition) is 0. The molecule has 130 valence electrons. The van der Waals surface area contributed by atoms with Crippen LogP contribution in [-0.2, 0) is 0 Å². The molecule has 3 aliphatic rings. The topological polar surface area (TPSA) is 45.7 Å². The molecule has 5 nitrogen and oxygen atoms in total. The summed E-state index contributed by atoms with van der Waals surface area (Å²) in [6.07, 6.45) is 10.5. The number of ether oxygens (including phenoxy) is 1. The highest BCUT2D eigenvalue weighted by Gasteiger charge is 2.43. The van der Waals surface area contributed by atoms with Gasteiger partial charge >= 0.3 is 0 Å². The van der Waals surface area contributed by atoms with Gasteiger partial charge in [0.15, 0.2) is 0 Å². The minimum absolute atomic E-state index is 0.0182. The van der Waals surface area contributed by atoms with Crippen LogP contribution in [0.4, 0.5) is 0 Å². The fraction of sp³-hybridized carbons (Fsp3) is 0.684. The molecule has 0 N–H and O–H groups in total. The molecule has 1 aliphatic carbocycles. The monoisotopic (exact) mass is 329 g/mol. The van der Waals surface area contributed by atoms with Gasteiger partial charge in [0.05, 0.1) is 6.54 Å². The second-order valence-corrected chi connectivity index (χ2v) is 7.63. The first-order chi connectivity index (χ1) is 11.7. The summed E-state index contributed by atoms with van der Waals surface area (Å²) in [4.78, 5) is 21.4. The van der Waals surface area contributed by atoms with E-state index in [-0.39, 0.29) is 11.5 Å². The summed E-state index contributed by atoms with van der Waals surface area (Å²) in [7, 11) is 1.88. The van der Waals surface area contributed by atoms with Crippen LogP contribution < -0.4 is 4.74 Å². The Morgan fingerprint density at radius 3 is 2.71 bits per heavy atom. The molecule has 2 fully saturated rings. The lowest BCUT2D eigenvalue weighted by atomic mass is 9.87. The number of pyridine rings is 1. The van der Waals surface area contributed by atoms with Gasteiger partial charge in [-0.2, -0.15) is 0 Å². The number of amides is 1. The van der Waals surface area contributed by atoms with E-state index in [0.717, 1.165) is 32.0 Å². The quantitative estimate of drug-likeness (QED) is 0.795. The van der Waals surface area contributed by atoms with E-state index < -0.39 is 0 Å². The van der Waals surface area contributed by atoms with Crippen LogP contribution in [0.1, 0.15) is 55.3 Å². The molecule has 5 heteroatoms. The Hall–Kier alpha value is -1.62. The number of fused-ring (bicyclic) bond motifs is 1. The molecule has 1 saturated heterocycles. The van der Waals surface area contributed by atoms with Crippen LogP contribution in [0.15, 0.2) is 18.3 Å². The maximum atomic E-state index is 12.6. The molecule has 1 spiro atoms. The van der Waals surface area contributed by atoms with Gasteiger partial charge in [-0.15, -0.1) is 0 Å². The Labute approximate surface area is 144 Å². The molecule has 0 atom stereocenters. The van der Waals surface area contributed by atoms with Gasteiger partial charge in [0, 0.05) is 45.2 Å². The smallest absolute Gasteiger partial charge is 0.259 e. The first-order valence-corrected chi connectivity index (χ1v) is 9.30. The standard InChI is InChI=1S/C19H27N3O2/c1-21-14-19(24-17-16(18(21)23)8-5-11-20-17)9-12-22(13-10-19)15-6-3-2-4-7-15/h5,8,11,15H,2-4,6-7,9-10,12-14H2,1H3. The van der Waals surface area contributed by atoms with Crippen LogP contribution in [0, 0.1) is 0 Å². The fourth-order valence-electron chi connectivity index (χ4n) is 4.58. The maximum Gasteiger partial charge on any atom is 0.259 e. The van der Waals surface area contributed by atoms with E-state index in [9.17, 15) is 4.79 Å². The number of likely N-dealkylation sites (tertiary alicyclic amines) is 1. The van der Waals surface area contributed by atoms with E-state index in [1.807, 2.05) is 18.0 Å². The maximum absolute atomic E-state index is 12.6. The number of aromatic nitrogens is 1. The number of rotatable bonds is 1. The van der Waals surface area contributed by atoms with Gasteiger partial charge in [-0.25, -0.2) is 4.98 Å². The fourth-order valence-corrected chi connectivity index (χ4v) is 4.58. The van der Waals surface area contributed by atoms with Gasteiger partial charge in [-0.05, 0) is 25.0 Å². The molecule has 0 radical (unpaired) electrons. The molecule has 1 aromatic heterocycles. The van der Waals surface area contributed by atoms with E-state index in [1.165, 1.54) is 32.1 Å². The highest BCUT2D eigenvalue weighted by atomic mass is 16.5. The van der Waals surface area contributed by atoms with E-state index in [1.54, 1.807) is 12.3 Å². The molecule has 24 heavy (non-hydrogen) atoms. The van der Waals surface area contributed by atoms with Gasteiger partial charge in [0.25, 0.3) is 5.91 Å². The van der Waals surface area contributed by atoms with Crippen LogP contribution in [0.5, 0.6) is 5.88 Å². The summed E-state index contributed by atoms with van der Waals surface area (Å²) >= 11 is 0. The highest BCUT2D eigenvalue weighted by Crippen LogP contribution is 2.35. The van der Waals surface area contributed by atoms with Crippen molar-refractivity contribution in [3.05, 3.63) is 23.9 Å². The summed E-state index contributed by atoms with van der Waals surface area (Å²) in [5.74, 6) is 0.530. The van der Waals surface area contributed by atoms with E-state index in [4.69, 9.17) is 4.74 Å². The van der Waals surface area contributed by atoms with Crippen LogP contribution in [0.2, 0.25) is 0 Å². The van der Waals surface area contributed by atoms with Crippen molar-refractivity contribution in [2.75, 3.05) is 26.7 Å². The second-order valence-electron chi connectivity index (χ2n) is 7.63. The minimum atomic E-state index is -0.283. The molecular weight excluding hydrogens is 302 g/mol. The van der Waals surface area contributed by atoms with Crippen LogP contribution in [-0.4, -0.2) is 59.0 Å². The highest BCUT2D eigenvalue weighted by molar-refractivity contribution is 5.96. The number of carbonyl (C=O) groups is 1. The van der Waals surface area contributed by atoms with Crippen molar-refractivity contribution in [2.24, 2.45) is 0 Å². The lowest BCUT2D eigenvalue weighted by Crippen LogP contribution is -2.55. The molecule has 1 amide bonds. The zero-order valence-corrected chi connectivity index (χ0v) is 14.5. The third kappa shape index (κ3) is 2.90. The van der Waals surface area contributed by atoms with Crippen LogP contribution in [0.25, 0.3) is 0 Å². The predicted octanol–water partition coefficient (Wildman–Crippen LogP) is 2.71. The minimum Gasteiger partial charge on any atom is -0.468 e. The molecule has 0 bridgehead atoms. The Kier molecular flexibility index (Phi) is 4.21. The zero-order chi connectivity index (χ0) is 16.6. The van der Waals surface area contributed by atoms with Crippen molar-refractivity contribution < 1.29 is 9.53 Å². The Morgan fingerprint density at radius 2 is 1.96 bits per heavy atom. The number of carbonyl (C=O) groups excluding carboxylic acids is 1. The van der Waals surface area contributed by atoms with Gasteiger partial charge in [0.2, 0.25) is 5.88 Å². The average molecular weight is 329 g/mol. The number of likely N-dealkylation sites (N-methyl/N-ethyl adjacent to an activating group) is 1. The lowest BCUT2D eigenvalue weighted by Gasteiger charge is -2.45. The molecule has 2 aliphatic heterocycles. The van der Waals surface area contributed by atoms with E-state index in [0.29, 0.717) is 18.0 Å². The zero-order valence-electron chi connectivity index (χ0n) is 14.5. The van der Waals surface area contributed by atoms with Gasteiger partial charge in [-0.1, -0.05) is 19.3 Å². The summed E-state index contributed by atoms with van der Waals surface area (Å²) in [6.45, 7) is 2.78. The molecule has 0 aromatic carbocycles. The SMILES string of the molecule is CN1CC2(CCN(C3CCCCC3)CC2)Oc2ncccc2C1=O. The number of piperidine rings is 1. The summed E-state index contributed by atoms with van der Waals surface area (Å²) in [5, 5.41) is 0. The van der Waals surface area contributed by atoms with Crippen molar-refractivity contribution in [3.63, 3.8) is 0 Å². The number of nitrogens with zero attached hydrogens (tertiary/aromatic N) is 3. The molecule has 0 unspecified atom stereocenters. The average Bonchev–Trinajstić information content (AvgIpc) is 2.72. The first-order valence-electron chi connectivity index (χ1n) is 9.30. The Bertz CT molecular complexity index is 604. The second kappa shape index (κ2) is 6.36. The molecular formula is C19H27N3O2. The Morgan fingerprint density at radius 1 is 1.21 bits per heavy atom. The van der Waals surface area contributed by atoms with Crippen molar-refractivity contribution in [1.82, 2.24) is 14.8 Å². The normalized spacial score (nSPS) is 25.2. The lowest BCUT2D eigenvalue weighted by molar-refractivity contribution is -0.0274. The molecule has 1 saturated carbocycles. The summed E-state index contributed by atoms with van der Waals surface area (Å²) in [5.41, 5.74) is 0.307. The third-order valence-electron chi connectivity index (χ3n) is 5.99. The van der Waals surface area contributed by atoms with E-state index in [2.05, 4.69) is 9.88 Å². The largest absolute Gasteiger partial charge is 0.468 e. The van der Waals surface area contributed by atoms with Crippen LogP contribution in [0.3, 0.4) is 0 Å². The van der Waals surface area contributed by atoms with Crippen molar-refractivity contribution in [2.45, 2.75) is 56.6 Å². The third-order valence-corrected chi connectivity index (χ3v) is 5.99. The summed E-state index contributed by atoms with van der Waals surface area (Å²) in [6, 6.07) is 4.38. The van der Waals surface area contributed by atoms with Crippen molar-refractivity contribution in [3.8, 4) is 5.88 Å². The molecule has 4 rings (SSSR count).